The molecule has 1 aromatic heterocycles. The standard InChI is InChI=1S/C42H60N6O9S/c1-10-26-19-25(4)13-11-12-14-27-22-42(27,38(51)47-58(53,54)41(8)17-18-41)46-35(49)32-21-29(23-48(32)37(50)34(26)45-39(52)57-40(5,6)7)56-36-33(24(2)3)43-30-16-15-28(55-9)20-31(30)44-36/h12,14-16,20,24-27,29,32,34H,10-11,13,17-19,21-23H2,1-9H3,(H,45,52)(H,46,49)(H,47,51). The zero-order chi connectivity index (χ0) is 42.4. The van der Waals surface area contributed by atoms with Crippen LogP contribution in [0.15, 0.2) is 30.4 Å². The Balaban J connectivity index is 1.38. The predicted octanol–water partition coefficient (Wildman–Crippen LogP) is 5.28. The van der Waals surface area contributed by atoms with Gasteiger partial charge in [0.15, 0.2) is 0 Å². The molecular formula is C42H60N6O9S. The van der Waals surface area contributed by atoms with Crippen LogP contribution in [0.2, 0.25) is 0 Å². The second-order valence-corrected chi connectivity index (χ2v) is 20.4. The number of fused-ring (bicyclic) bond motifs is 3. The number of rotatable bonds is 9. The Kier molecular flexibility index (Phi) is 12.1. The molecule has 1 saturated heterocycles. The van der Waals surface area contributed by atoms with E-state index in [1.54, 1.807) is 46.9 Å². The number of nitrogens with one attached hydrogen (secondary N) is 3. The number of methoxy groups -OCH3 is 1. The van der Waals surface area contributed by atoms with Crippen LogP contribution in [0, 0.1) is 17.8 Å². The lowest BCUT2D eigenvalue weighted by atomic mass is 9.85. The molecule has 1 aromatic carbocycles. The van der Waals surface area contributed by atoms with Crippen molar-refractivity contribution in [3.63, 3.8) is 0 Å². The number of alkyl carbamates (subject to hydrolysis) is 1. The van der Waals surface area contributed by atoms with E-state index >= 15 is 4.79 Å². The number of nitrogens with zero attached hydrogens (tertiary/aromatic N) is 3. The van der Waals surface area contributed by atoms with Crippen LogP contribution in [0.25, 0.3) is 11.0 Å². The number of hydrogen-bond acceptors (Lipinski definition) is 11. The minimum Gasteiger partial charge on any atom is -0.497 e. The monoisotopic (exact) mass is 824 g/mol. The van der Waals surface area contributed by atoms with Crippen molar-refractivity contribution in [3.05, 3.63) is 36.0 Å². The van der Waals surface area contributed by atoms with Crippen molar-refractivity contribution in [2.24, 2.45) is 17.8 Å². The van der Waals surface area contributed by atoms with Gasteiger partial charge in [-0.05, 0) is 90.2 Å². The predicted molar refractivity (Wildman–Crippen MR) is 217 cm³/mol. The number of carbonyl (C=O) groups is 4. The van der Waals surface area contributed by atoms with Crippen molar-refractivity contribution in [1.82, 2.24) is 30.2 Å². The van der Waals surface area contributed by atoms with Gasteiger partial charge in [-0.15, -0.1) is 0 Å². The molecule has 3 fully saturated rings. The number of amides is 4. The highest BCUT2D eigenvalue weighted by molar-refractivity contribution is 7.91. The summed E-state index contributed by atoms with van der Waals surface area (Å²) in [6.07, 6.45) is 6.04. The highest BCUT2D eigenvalue weighted by atomic mass is 32.2. The molecular weight excluding hydrogens is 765 g/mol. The summed E-state index contributed by atoms with van der Waals surface area (Å²) in [6, 6.07) is 3.17. The van der Waals surface area contributed by atoms with E-state index in [0.717, 1.165) is 6.42 Å². The fraction of sp³-hybridized carbons (Fsp3) is 0.667. The Bertz CT molecular complexity index is 2060. The van der Waals surface area contributed by atoms with E-state index in [9.17, 15) is 22.8 Å². The molecule has 6 rings (SSSR count). The second-order valence-electron chi connectivity index (χ2n) is 18.2. The normalized spacial score (nSPS) is 28.7. The minimum absolute atomic E-state index is 0.0217. The quantitative estimate of drug-likeness (QED) is 0.279. The number of hydrogen-bond donors (Lipinski definition) is 3. The molecule has 0 bridgehead atoms. The van der Waals surface area contributed by atoms with Crippen LogP contribution in [0.4, 0.5) is 4.79 Å². The molecule has 3 heterocycles. The van der Waals surface area contributed by atoms with Gasteiger partial charge >= 0.3 is 6.09 Å². The lowest BCUT2D eigenvalue weighted by Crippen LogP contribution is -2.59. The van der Waals surface area contributed by atoms with Crippen LogP contribution in [-0.4, -0.2) is 94.8 Å². The molecule has 0 spiro atoms. The zero-order valence-corrected chi connectivity index (χ0v) is 36.0. The van der Waals surface area contributed by atoms with Crippen LogP contribution in [0.5, 0.6) is 11.6 Å². The van der Waals surface area contributed by atoms with Crippen molar-refractivity contribution in [1.29, 1.82) is 0 Å². The average molecular weight is 825 g/mol. The highest BCUT2D eigenvalue weighted by Gasteiger charge is 2.63. The van der Waals surface area contributed by atoms with Crippen molar-refractivity contribution < 1.29 is 41.8 Å². The largest absolute Gasteiger partial charge is 0.497 e. The summed E-state index contributed by atoms with van der Waals surface area (Å²) in [5.41, 5.74) is -0.591. The molecule has 2 saturated carbocycles. The van der Waals surface area contributed by atoms with E-state index in [4.69, 9.17) is 24.2 Å². The van der Waals surface area contributed by atoms with Crippen molar-refractivity contribution in [2.75, 3.05) is 13.7 Å². The molecule has 2 aliphatic heterocycles. The summed E-state index contributed by atoms with van der Waals surface area (Å²) < 4.78 is 45.4. The van der Waals surface area contributed by atoms with E-state index in [1.807, 2.05) is 39.0 Å². The third kappa shape index (κ3) is 9.21. The van der Waals surface area contributed by atoms with Gasteiger partial charge in [-0.1, -0.05) is 46.3 Å². The summed E-state index contributed by atoms with van der Waals surface area (Å²) in [4.78, 5) is 68.2. The Morgan fingerprint density at radius 3 is 2.47 bits per heavy atom. The Hall–Kier alpha value is -4.47. The van der Waals surface area contributed by atoms with Crippen molar-refractivity contribution >= 4 is 44.9 Å². The maximum Gasteiger partial charge on any atom is 0.408 e. The first-order valence-corrected chi connectivity index (χ1v) is 22.0. The van der Waals surface area contributed by atoms with E-state index in [0.29, 0.717) is 54.6 Å². The van der Waals surface area contributed by atoms with Gasteiger partial charge in [0, 0.05) is 24.3 Å². The van der Waals surface area contributed by atoms with Gasteiger partial charge in [0.2, 0.25) is 27.7 Å². The maximum atomic E-state index is 15.0. The minimum atomic E-state index is -4.01. The third-order valence-electron chi connectivity index (χ3n) is 12.0. The van der Waals surface area contributed by atoms with Gasteiger partial charge in [-0.25, -0.2) is 23.2 Å². The number of sulfonamides is 1. The molecule has 7 unspecified atom stereocenters. The van der Waals surface area contributed by atoms with Crippen LogP contribution in [0.3, 0.4) is 0 Å². The van der Waals surface area contributed by atoms with E-state index in [1.165, 1.54) is 4.90 Å². The molecule has 3 N–H and O–H groups in total. The first kappa shape index (κ1) is 43.1. The average Bonchev–Trinajstić information content (AvgIpc) is 4.03. The van der Waals surface area contributed by atoms with Crippen LogP contribution in [-0.2, 0) is 29.1 Å². The highest BCUT2D eigenvalue weighted by Crippen LogP contribution is 2.47. The van der Waals surface area contributed by atoms with E-state index in [2.05, 4.69) is 22.3 Å². The fourth-order valence-electron chi connectivity index (χ4n) is 8.03. The smallest absolute Gasteiger partial charge is 0.408 e. The number of allylic oxidation sites excluding steroid dienone is 1. The molecule has 4 aliphatic rings. The lowest BCUT2D eigenvalue weighted by molar-refractivity contribution is -0.142. The summed E-state index contributed by atoms with van der Waals surface area (Å²) in [5, 5.41) is 5.80. The molecule has 4 amide bonds. The van der Waals surface area contributed by atoms with Gasteiger partial charge in [0.05, 0.1) is 29.4 Å². The topological polar surface area (TPSA) is 195 Å². The lowest BCUT2D eigenvalue weighted by Gasteiger charge is -2.34. The van der Waals surface area contributed by atoms with Gasteiger partial charge in [0.25, 0.3) is 5.91 Å². The molecule has 16 heteroatoms. The molecule has 58 heavy (non-hydrogen) atoms. The Morgan fingerprint density at radius 2 is 1.83 bits per heavy atom. The number of ether oxygens (including phenoxy) is 3. The number of carbonyl (C=O) groups excluding carboxylic acids is 4. The van der Waals surface area contributed by atoms with Gasteiger partial charge < -0.3 is 29.7 Å². The third-order valence-corrected chi connectivity index (χ3v) is 14.1. The van der Waals surface area contributed by atoms with Gasteiger partial charge in [-0.3, -0.25) is 19.1 Å². The van der Waals surface area contributed by atoms with E-state index < -0.39 is 73.8 Å². The molecule has 0 radical (unpaired) electrons. The molecule has 15 nitrogen and oxygen atoms in total. The molecule has 2 aliphatic carbocycles. The summed E-state index contributed by atoms with van der Waals surface area (Å²) in [7, 11) is -2.45. The SMILES string of the molecule is CCC1CC(C)CCC=CC2CC2(C(=O)NS(=O)(=O)C2(C)CC2)NC(=O)C2CC(Oc3nc4cc(OC)ccc4nc3C(C)C)CN2C(=O)C1NC(=O)OC(C)(C)C. The first-order chi connectivity index (χ1) is 27.2. The van der Waals surface area contributed by atoms with Gasteiger partial charge in [-0.2, -0.15) is 0 Å². The van der Waals surface area contributed by atoms with Crippen LogP contribution in [0.1, 0.15) is 118 Å². The van der Waals surface area contributed by atoms with Gasteiger partial charge in [0.1, 0.15) is 40.8 Å². The number of aromatic nitrogens is 2. The van der Waals surface area contributed by atoms with E-state index in [-0.39, 0.29) is 43.0 Å². The first-order valence-electron chi connectivity index (χ1n) is 20.6. The molecule has 318 valence electrons. The fourth-order valence-corrected chi connectivity index (χ4v) is 9.34. The summed E-state index contributed by atoms with van der Waals surface area (Å²) in [6.45, 7) is 14.8. The van der Waals surface area contributed by atoms with Crippen LogP contribution < -0.4 is 24.8 Å². The Morgan fingerprint density at radius 1 is 1.10 bits per heavy atom. The summed E-state index contributed by atoms with van der Waals surface area (Å²) >= 11 is 0. The molecule has 7 atom stereocenters. The van der Waals surface area contributed by atoms with Crippen molar-refractivity contribution in [2.45, 2.75) is 147 Å². The zero-order valence-electron chi connectivity index (χ0n) is 35.2. The number of benzene rings is 1. The molecule has 2 aromatic rings. The van der Waals surface area contributed by atoms with Crippen LogP contribution >= 0.6 is 0 Å². The second kappa shape index (κ2) is 16.3. The maximum absolute atomic E-state index is 15.0. The van der Waals surface area contributed by atoms with Crippen molar-refractivity contribution in [3.8, 4) is 11.6 Å². The summed E-state index contributed by atoms with van der Waals surface area (Å²) in [5.74, 6) is -1.78. The Labute approximate surface area is 341 Å².